The number of amides is 1. The van der Waals surface area contributed by atoms with Gasteiger partial charge in [-0.2, -0.15) is 11.8 Å². The molecule has 1 heterocycles. The Labute approximate surface area is 121 Å². The summed E-state index contributed by atoms with van der Waals surface area (Å²) in [5.41, 5.74) is -1.00. The Bertz CT molecular complexity index is 286. The van der Waals surface area contributed by atoms with Gasteiger partial charge in [-0.15, -0.1) is 0 Å². The molecule has 1 fully saturated rings. The van der Waals surface area contributed by atoms with Gasteiger partial charge in [0.25, 0.3) is 0 Å². The van der Waals surface area contributed by atoms with Crippen molar-refractivity contribution in [1.29, 1.82) is 0 Å². The SMILES string of the molecule is CCCCCC(C)(C)C(=O)NCC1(O)CCSCC1. The summed E-state index contributed by atoms with van der Waals surface area (Å²) in [5, 5.41) is 13.3. The fourth-order valence-electron chi connectivity index (χ4n) is 2.34. The summed E-state index contributed by atoms with van der Waals surface area (Å²) in [6.45, 7) is 6.57. The molecule has 3 nitrogen and oxygen atoms in total. The van der Waals surface area contributed by atoms with E-state index in [1.54, 1.807) is 0 Å². The quantitative estimate of drug-likeness (QED) is 0.708. The van der Waals surface area contributed by atoms with Gasteiger partial charge in [0.15, 0.2) is 0 Å². The number of aliphatic hydroxyl groups is 1. The molecule has 0 atom stereocenters. The predicted octanol–water partition coefficient (Wildman–Crippen LogP) is 2.97. The Morgan fingerprint density at radius 2 is 1.95 bits per heavy atom. The van der Waals surface area contributed by atoms with Crippen LogP contribution in [0.15, 0.2) is 0 Å². The van der Waals surface area contributed by atoms with Crippen molar-refractivity contribution in [1.82, 2.24) is 5.32 Å². The Kier molecular flexibility index (Phi) is 6.67. The molecule has 0 aliphatic carbocycles. The Balaban J connectivity index is 2.36. The lowest BCUT2D eigenvalue weighted by atomic mass is 9.85. The fraction of sp³-hybridized carbons (Fsp3) is 0.933. The average Bonchev–Trinajstić information content (AvgIpc) is 2.37. The number of carbonyl (C=O) groups excluding carboxylic acids is 1. The molecule has 2 N–H and O–H groups in total. The van der Waals surface area contributed by atoms with Crippen LogP contribution in [0.4, 0.5) is 0 Å². The molecule has 0 unspecified atom stereocenters. The van der Waals surface area contributed by atoms with Crippen LogP contribution in [0, 0.1) is 5.41 Å². The number of thioether (sulfide) groups is 1. The molecule has 1 aliphatic rings. The Morgan fingerprint density at radius 3 is 2.53 bits per heavy atom. The van der Waals surface area contributed by atoms with Crippen LogP contribution >= 0.6 is 11.8 Å². The van der Waals surface area contributed by atoms with Crippen molar-refractivity contribution in [2.45, 2.75) is 64.9 Å². The van der Waals surface area contributed by atoms with Gasteiger partial charge in [0.2, 0.25) is 5.91 Å². The van der Waals surface area contributed by atoms with Gasteiger partial charge in [-0.25, -0.2) is 0 Å². The highest BCUT2D eigenvalue weighted by Crippen LogP contribution is 2.28. The molecular formula is C15H29NO2S. The van der Waals surface area contributed by atoms with Gasteiger partial charge in [-0.1, -0.05) is 40.0 Å². The van der Waals surface area contributed by atoms with Crippen LogP contribution in [0.25, 0.3) is 0 Å². The molecular weight excluding hydrogens is 258 g/mol. The fourth-order valence-corrected chi connectivity index (χ4v) is 3.60. The zero-order valence-corrected chi connectivity index (χ0v) is 13.4. The second-order valence-corrected chi connectivity index (χ2v) is 7.59. The van der Waals surface area contributed by atoms with Crippen LogP contribution in [-0.2, 0) is 4.79 Å². The normalized spacial score (nSPS) is 19.2. The highest BCUT2D eigenvalue weighted by atomic mass is 32.2. The molecule has 1 saturated heterocycles. The first-order chi connectivity index (χ1) is 8.90. The van der Waals surface area contributed by atoms with Crippen LogP contribution in [-0.4, -0.2) is 34.7 Å². The van der Waals surface area contributed by atoms with Gasteiger partial charge in [0.1, 0.15) is 0 Å². The van der Waals surface area contributed by atoms with E-state index < -0.39 is 5.60 Å². The molecule has 0 aromatic carbocycles. The molecule has 19 heavy (non-hydrogen) atoms. The lowest BCUT2D eigenvalue weighted by Crippen LogP contribution is -2.48. The molecule has 0 aromatic rings. The van der Waals surface area contributed by atoms with Crippen LogP contribution in [0.5, 0.6) is 0 Å². The van der Waals surface area contributed by atoms with E-state index in [1.165, 1.54) is 12.8 Å². The van der Waals surface area contributed by atoms with E-state index in [2.05, 4.69) is 12.2 Å². The van der Waals surface area contributed by atoms with Crippen molar-refractivity contribution in [2.24, 2.45) is 5.41 Å². The van der Waals surface area contributed by atoms with Crippen LogP contribution < -0.4 is 5.32 Å². The van der Waals surface area contributed by atoms with Crippen molar-refractivity contribution in [3.8, 4) is 0 Å². The van der Waals surface area contributed by atoms with Gasteiger partial charge in [-0.3, -0.25) is 4.79 Å². The maximum Gasteiger partial charge on any atom is 0.225 e. The maximum atomic E-state index is 12.2. The van der Waals surface area contributed by atoms with E-state index >= 15 is 0 Å². The second-order valence-electron chi connectivity index (χ2n) is 6.36. The molecule has 0 radical (unpaired) electrons. The van der Waals surface area contributed by atoms with Gasteiger partial charge in [-0.05, 0) is 30.8 Å². The number of hydrogen-bond acceptors (Lipinski definition) is 3. The van der Waals surface area contributed by atoms with Crippen molar-refractivity contribution in [3.63, 3.8) is 0 Å². The highest BCUT2D eigenvalue weighted by molar-refractivity contribution is 7.99. The predicted molar refractivity (Wildman–Crippen MR) is 82.4 cm³/mol. The molecule has 0 spiro atoms. The molecule has 0 saturated carbocycles. The molecule has 1 aliphatic heterocycles. The minimum Gasteiger partial charge on any atom is -0.388 e. The summed E-state index contributed by atoms with van der Waals surface area (Å²) in [6.07, 6.45) is 5.94. The summed E-state index contributed by atoms with van der Waals surface area (Å²) in [7, 11) is 0. The van der Waals surface area contributed by atoms with Gasteiger partial charge >= 0.3 is 0 Å². The van der Waals surface area contributed by atoms with E-state index in [9.17, 15) is 9.90 Å². The first-order valence-electron chi connectivity index (χ1n) is 7.48. The smallest absolute Gasteiger partial charge is 0.225 e. The van der Waals surface area contributed by atoms with E-state index in [4.69, 9.17) is 0 Å². The van der Waals surface area contributed by atoms with Crippen molar-refractivity contribution >= 4 is 17.7 Å². The lowest BCUT2D eigenvalue weighted by Gasteiger charge is -2.33. The van der Waals surface area contributed by atoms with E-state index in [0.717, 1.165) is 37.2 Å². The number of unbranched alkanes of at least 4 members (excludes halogenated alkanes) is 2. The second kappa shape index (κ2) is 7.53. The number of rotatable bonds is 7. The standard InChI is InChI=1S/C15H29NO2S/c1-4-5-6-7-14(2,3)13(17)16-12-15(18)8-10-19-11-9-15/h18H,4-12H2,1-3H3,(H,16,17). The largest absolute Gasteiger partial charge is 0.388 e. The molecule has 0 aromatic heterocycles. The summed E-state index contributed by atoms with van der Waals surface area (Å²) >= 11 is 1.88. The zero-order valence-electron chi connectivity index (χ0n) is 12.6. The average molecular weight is 287 g/mol. The lowest BCUT2D eigenvalue weighted by molar-refractivity contribution is -0.131. The zero-order chi connectivity index (χ0) is 14.4. The van der Waals surface area contributed by atoms with Crippen molar-refractivity contribution in [3.05, 3.63) is 0 Å². The van der Waals surface area contributed by atoms with Crippen molar-refractivity contribution < 1.29 is 9.90 Å². The molecule has 1 rings (SSSR count). The number of carbonyl (C=O) groups is 1. The third kappa shape index (κ3) is 5.74. The van der Waals surface area contributed by atoms with Gasteiger partial charge in [0, 0.05) is 12.0 Å². The first kappa shape index (κ1) is 16.8. The monoisotopic (exact) mass is 287 g/mol. The van der Waals surface area contributed by atoms with E-state index in [-0.39, 0.29) is 11.3 Å². The molecule has 112 valence electrons. The maximum absolute atomic E-state index is 12.2. The summed E-state index contributed by atoms with van der Waals surface area (Å²) in [5.74, 6) is 2.06. The minimum absolute atomic E-state index is 0.0789. The van der Waals surface area contributed by atoms with E-state index in [1.807, 2.05) is 25.6 Å². The topological polar surface area (TPSA) is 49.3 Å². The summed E-state index contributed by atoms with van der Waals surface area (Å²) in [4.78, 5) is 12.2. The minimum atomic E-state index is -0.680. The third-order valence-electron chi connectivity index (χ3n) is 4.02. The first-order valence-corrected chi connectivity index (χ1v) is 8.63. The van der Waals surface area contributed by atoms with Crippen LogP contribution in [0.2, 0.25) is 0 Å². The summed E-state index contributed by atoms with van der Waals surface area (Å²) < 4.78 is 0. The van der Waals surface area contributed by atoms with Crippen LogP contribution in [0.1, 0.15) is 59.3 Å². The Hall–Kier alpha value is -0.220. The van der Waals surface area contributed by atoms with E-state index in [0.29, 0.717) is 6.54 Å². The van der Waals surface area contributed by atoms with Crippen LogP contribution in [0.3, 0.4) is 0 Å². The molecule has 0 bridgehead atoms. The summed E-state index contributed by atoms with van der Waals surface area (Å²) in [6, 6.07) is 0. The molecule has 1 amide bonds. The highest BCUT2D eigenvalue weighted by Gasteiger charge is 2.33. The third-order valence-corrected chi connectivity index (χ3v) is 5.01. The Morgan fingerprint density at radius 1 is 1.32 bits per heavy atom. The molecule has 4 heteroatoms. The number of hydrogen-bond donors (Lipinski definition) is 2. The van der Waals surface area contributed by atoms with Gasteiger partial charge in [0.05, 0.1) is 5.60 Å². The number of nitrogens with one attached hydrogen (secondary N) is 1. The van der Waals surface area contributed by atoms with Crippen molar-refractivity contribution in [2.75, 3.05) is 18.1 Å². The van der Waals surface area contributed by atoms with Gasteiger partial charge < -0.3 is 10.4 Å².